The van der Waals surface area contributed by atoms with Crippen molar-refractivity contribution in [1.29, 1.82) is 0 Å². The van der Waals surface area contributed by atoms with Gasteiger partial charge in [0.1, 0.15) is 5.75 Å². The van der Waals surface area contributed by atoms with Crippen molar-refractivity contribution in [3.63, 3.8) is 0 Å². The Labute approximate surface area is 112 Å². The Hall–Kier alpha value is -0.540. The Bertz CT molecular complexity index is 411. The second kappa shape index (κ2) is 4.99. The van der Waals surface area contributed by atoms with Gasteiger partial charge in [-0.25, -0.2) is 0 Å². The van der Waals surface area contributed by atoms with Gasteiger partial charge < -0.3 is 10.5 Å². The average molecular weight is 298 g/mol. The number of ether oxygens (including phenoxy) is 1. The molecule has 0 heterocycles. The number of benzene rings is 1. The Kier molecular flexibility index (Phi) is 3.79. The molecule has 0 bridgehead atoms. The van der Waals surface area contributed by atoms with E-state index in [1.807, 2.05) is 0 Å². The number of methoxy groups -OCH3 is 1. The number of halogens is 1. The molecule has 1 aliphatic carbocycles. The molecule has 2 rings (SSSR count). The van der Waals surface area contributed by atoms with Crippen molar-refractivity contribution in [2.24, 2.45) is 5.73 Å². The molecule has 2 nitrogen and oxygen atoms in total. The number of hydrogen-bond acceptors (Lipinski definition) is 2. The lowest BCUT2D eigenvalue weighted by molar-refractivity contribution is 0.376. The van der Waals surface area contributed by atoms with Crippen LogP contribution in [0, 0.1) is 0 Å². The van der Waals surface area contributed by atoms with Crippen molar-refractivity contribution in [1.82, 2.24) is 0 Å². The van der Waals surface area contributed by atoms with Gasteiger partial charge in [-0.15, -0.1) is 0 Å². The van der Waals surface area contributed by atoms with E-state index < -0.39 is 0 Å². The summed E-state index contributed by atoms with van der Waals surface area (Å²) in [6.45, 7) is 2.16. The van der Waals surface area contributed by atoms with Crippen LogP contribution < -0.4 is 10.5 Å². The fourth-order valence-corrected chi connectivity index (χ4v) is 3.38. The Morgan fingerprint density at radius 1 is 1.35 bits per heavy atom. The van der Waals surface area contributed by atoms with Crippen molar-refractivity contribution in [3.05, 3.63) is 27.7 Å². The average Bonchev–Trinajstić information content (AvgIpc) is 2.76. The van der Waals surface area contributed by atoms with Crippen LogP contribution in [0.25, 0.3) is 0 Å². The van der Waals surface area contributed by atoms with Gasteiger partial charge in [-0.1, -0.05) is 25.8 Å². The third-order valence-electron chi connectivity index (χ3n) is 3.75. The van der Waals surface area contributed by atoms with Crippen molar-refractivity contribution in [2.75, 3.05) is 7.11 Å². The summed E-state index contributed by atoms with van der Waals surface area (Å²) in [7, 11) is 1.72. The van der Waals surface area contributed by atoms with Crippen LogP contribution in [-0.4, -0.2) is 7.11 Å². The second-order valence-corrected chi connectivity index (χ2v) is 5.73. The topological polar surface area (TPSA) is 35.2 Å². The third-order valence-corrected chi connectivity index (χ3v) is 4.34. The van der Waals surface area contributed by atoms with Gasteiger partial charge in [0.2, 0.25) is 0 Å². The summed E-state index contributed by atoms with van der Waals surface area (Å²) in [6, 6.07) is 4.34. The molecule has 0 atom stereocenters. The summed E-state index contributed by atoms with van der Waals surface area (Å²) < 4.78 is 6.55. The van der Waals surface area contributed by atoms with E-state index in [4.69, 9.17) is 10.5 Å². The fraction of sp³-hybridized carbons (Fsp3) is 0.571. The zero-order valence-electron chi connectivity index (χ0n) is 10.6. The van der Waals surface area contributed by atoms with Gasteiger partial charge in [-0.3, -0.25) is 0 Å². The Balaban J connectivity index is 2.53. The van der Waals surface area contributed by atoms with Gasteiger partial charge in [0, 0.05) is 11.1 Å². The van der Waals surface area contributed by atoms with Gasteiger partial charge in [0.15, 0.2) is 0 Å². The minimum absolute atomic E-state index is 0.195. The molecule has 3 heteroatoms. The van der Waals surface area contributed by atoms with Gasteiger partial charge in [0.05, 0.1) is 11.6 Å². The predicted octanol–water partition coefficient (Wildman–Crippen LogP) is 3.75. The van der Waals surface area contributed by atoms with Crippen LogP contribution in [0.5, 0.6) is 5.75 Å². The first-order chi connectivity index (χ1) is 8.10. The maximum atomic E-state index is 6.55. The monoisotopic (exact) mass is 297 g/mol. The van der Waals surface area contributed by atoms with Crippen LogP contribution in [0.4, 0.5) is 0 Å². The quantitative estimate of drug-likeness (QED) is 0.922. The lowest BCUT2D eigenvalue weighted by Crippen LogP contribution is -2.33. The van der Waals surface area contributed by atoms with Crippen LogP contribution in [0.1, 0.15) is 43.7 Å². The molecule has 1 saturated carbocycles. The van der Waals surface area contributed by atoms with Crippen LogP contribution >= 0.6 is 15.9 Å². The predicted molar refractivity (Wildman–Crippen MR) is 74.4 cm³/mol. The molecule has 94 valence electrons. The highest BCUT2D eigenvalue weighted by Gasteiger charge is 2.34. The molecule has 0 saturated heterocycles. The lowest BCUT2D eigenvalue weighted by atomic mass is 9.87. The standard InChI is InChI=1S/C14H20BrNO/c1-3-10-8-11(13(17-2)12(15)9-10)14(16)6-4-5-7-14/h8-9H,3-7,16H2,1-2H3. The van der Waals surface area contributed by atoms with E-state index in [2.05, 4.69) is 35.0 Å². The van der Waals surface area contributed by atoms with Crippen LogP contribution in [0.3, 0.4) is 0 Å². The molecule has 1 aromatic carbocycles. The van der Waals surface area contributed by atoms with Gasteiger partial charge in [-0.05, 0) is 46.8 Å². The lowest BCUT2D eigenvalue weighted by Gasteiger charge is -2.27. The summed E-state index contributed by atoms with van der Waals surface area (Å²) in [5.41, 5.74) is 8.83. The van der Waals surface area contributed by atoms with E-state index in [-0.39, 0.29) is 5.54 Å². The molecular weight excluding hydrogens is 278 g/mol. The smallest absolute Gasteiger partial charge is 0.138 e. The Morgan fingerprint density at radius 3 is 2.53 bits per heavy atom. The highest BCUT2D eigenvalue weighted by molar-refractivity contribution is 9.10. The number of rotatable bonds is 3. The first-order valence-corrected chi connectivity index (χ1v) is 7.06. The van der Waals surface area contributed by atoms with Gasteiger partial charge in [-0.2, -0.15) is 0 Å². The number of hydrogen-bond donors (Lipinski definition) is 1. The minimum Gasteiger partial charge on any atom is -0.495 e. The zero-order chi connectivity index (χ0) is 12.5. The highest BCUT2D eigenvalue weighted by atomic mass is 79.9. The molecule has 1 aromatic rings. The van der Waals surface area contributed by atoms with Crippen LogP contribution in [0.2, 0.25) is 0 Å². The minimum atomic E-state index is -0.195. The molecule has 0 aromatic heterocycles. The molecule has 1 aliphatic rings. The largest absolute Gasteiger partial charge is 0.495 e. The van der Waals surface area contributed by atoms with E-state index in [1.165, 1.54) is 24.0 Å². The molecule has 0 radical (unpaired) electrons. The number of nitrogens with two attached hydrogens (primary N) is 1. The Morgan fingerprint density at radius 2 is 2.00 bits per heavy atom. The molecule has 1 fully saturated rings. The fourth-order valence-electron chi connectivity index (χ4n) is 2.71. The van der Waals surface area contributed by atoms with Crippen molar-refractivity contribution in [3.8, 4) is 5.75 Å². The van der Waals surface area contributed by atoms with Gasteiger partial charge in [0.25, 0.3) is 0 Å². The van der Waals surface area contributed by atoms with Crippen molar-refractivity contribution >= 4 is 15.9 Å². The maximum Gasteiger partial charge on any atom is 0.138 e. The van der Waals surface area contributed by atoms with E-state index in [9.17, 15) is 0 Å². The number of aryl methyl sites for hydroxylation is 1. The molecule has 0 aliphatic heterocycles. The maximum absolute atomic E-state index is 6.55. The third kappa shape index (κ3) is 2.36. The van der Waals surface area contributed by atoms with Crippen LogP contribution in [-0.2, 0) is 12.0 Å². The zero-order valence-corrected chi connectivity index (χ0v) is 12.1. The summed E-state index contributed by atoms with van der Waals surface area (Å²) >= 11 is 3.59. The molecule has 17 heavy (non-hydrogen) atoms. The van der Waals surface area contributed by atoms with Crippen LogP contribution in [0.15, 0.2) is 16.6 Å². The first kappa shape index (κ1) is 12.9. The summed E-state index contributed by atoms with van der Waals surface area (Å²) in [5, 5.41) is 0. The second-order valence-electron chi connectivity index (χ2n) is 4.88. The van der Waals surface area contributed by atoms with E-state index >= 15 is 0 Å². The van der Waals surface area contributed by atoms with Crippen molar-refractivity contribution in [2.45, 2.75) is 44.6 Å². The first-order valence-electron chi connectivity index (χ1n) is 6.26. The molecule has 0 unspecified atom stereocenters. The molecule has 0 amide bonds. The SMILES string of the molecule is CCc1cc(Br)c(OC)c(C2(N)CCCC2)c1. The highest BCUT2D eigenvalue weighted by Crippen LogP contribution is 2.43. The summed E-state index contributed by atoms with van der Waals surface area (Å²) in [5.74, 6) is 0.909. The molecule has 2 N–H and O–H groups in total. The van der Waals surface area contributed by atoms with E-state index in [1.54, 1.807) is 7.11 Å². The molecular formula is C14H20BrNO. The summed E-state index contributed by atoms with van der Waals surface area (Å²) in [4.78, 5) is 0. The van der Waals surface area contributed by atoms with E-state index in [0.29, 0.717) is 0 Å². The molecule has 0 spiro atoms. The van der Waals surface area contributed by atoms with Gasteiger partial charge >= 0.3 is 0 Å². The summed E-state index contributed by atoms with van der Waals surface area (Å²) in [6.07, 6.45) is 5.57. The van der Waals surface area contributed by atoms with E-state index in [0.717, 1.165) is 29.5 Å². The van der Waals surface area contributed by atoms with Crippen molar-refractivity contribution < 1.29 is 4.74 Å². The normalized spacial score (nSPS) is 18.4.